The Morgan fingerprint density at radius 1 is 1.16 bits per heavy atom. The fourth-order valence-electron chi connectivity index (χ4n) is 4.47. The number of hydrogen-bond donors (Lipinski definition) is 3. The molecule has 1 aromatic heterocycles. The highest BCUT2D eigenvalue weighted by Gasteiger charge is 2.30. The van der Waals surface area contributed by atoms with Gasteiger partial charge in [-0.2, -0.15) is 0 Å². The summed E-state index contributed by atoms with van der Waals surface area (Å²) in [5.74, 6) is -1.92. The van der Waals surface area contributed by atoms with Crippen LogP contribution in [0.25, 0.3) is 17.0 Å². The lowest BCUT2D eigenvalue weighted by atomic mass is 9.95. The van der Waals surface area contributed by atoms with Crippen molar-refractivity contribution >= 4 is 69.7 Å². The highest BCUT2D eigenvalue weighted by atomic mass is 35.5. The van der Waals surface area contributed by atoms with Gasteiger partial charge in [-0.15, -0.1) is 11.8 Å². The highest BCUT2D eigenvalue weighted by molar-refractivity contribution is 7.98. The van der Waals surface area contributed by atoms with Crippen molar-refractivity contribution < 1.29 is 19.5 Å². The number of aromatic amines is 1. The lowest BCUT2D eigenvalue weighted by Crippen LogP contribution is -2.48. The molecule has 37 heavy (non-hydrogen) atoms. The first-order valence-corrected chi connectivity index (χ1v) is 13.8. The van der Waals surface area contributed by atoms with E-state index in [1.165, 1.54) is 17.8 Å². The van der Waals surface area contributed by atoms with Crippen molar-refractivity contribution in [3.63, 3.8) is 0 Å². The highest BCUT2D eigenvalue weighted by Crippen LogP contribution is 2.35. The Balaban J connectivity index is 1.32. The number of rotatable bonds is 8. The molecule has 194 valence electrons. The number of carboxylic acid groups (broad SMARTS) is 1. The van der Waals surface area contributed by atoms with Crippen molar-refractivity contribution in [1.29, 1.82) is 0 Å². The van der Waals surface area contributed by atoms with Crippen LogP contribution in [0.3, 0.4) is 0 Å². The molecule has 2 aromatic carbocycles. The average Bonchev–Trinajstić information content (AvgIpc) is 3.31. The second-order valence-electron chi connectivity index (χ2n) is 8.88. The number of carbonyl (C=O) groups excluding carboxylic acids is 2. The Hall–Kier alpha value is -2.94. The van der Waals surface area contributed by atoms with Gasteiger partial charge in [0.2, 0.25) is 11.8 Å². The molecule has 3 aromatic rings. The second kappa shape index (κ2) is 12.1. The van der Waals surface area contributed by atoms with Gasteiger partial charge >= 0.3 is 5.97 Å². The maximum Gasteiger partial charge on any atom is 0.326 e. The number of halogens is 2. The topological polar surface area (TPSA) is 103 Å². The number of para-hydroxylation sites is 1. The van der Waals surface area contributed by atoms with Crippen LogP contribution in [0, 0.1) is 5.92 Å². The predicted molar refractivity (Wildman–Crippen MR) is 148 cm³/mol. The van der Waals surface area contributed by atoms with E-state index in [1.54, 1.807) is 17.2 Å². The van der Waals surface area contributed by atoms with E-state index in [1.807, 2.05) is 42.7 Å². The molecule has 0 saturated carbocycles. The number of nitrogens with zero attached hydrogens (tertiary/aromatic N) is 1. The number of carboxylic acids is 1. The minimum absolute atomic E-state index is 0.178. The van der Waals surface area contributed by atoms with E-state index in [9.17, 15) is 19.5 Å². The third-order valence-corrected chi connectivity index (χ3v) is 8.38. The number of hydrogen-bond acceptors (Lipinski definition) is 4. The largest absolute Gasteiger partial charge is 0.480 e. The summed E-state index contributed by atoms with van der Waals surface area (Å²) in [6, 6.07) is 10.3. The summed E-state index contributed by atoms with van der Waals surface area (Å²) in [7, 11) is 0. The zero-order chi connectivity index (χ0) is 26.5. The number of fused-ring (bicyclic) bond motifs is 1. The van der Waals surface area contributed by atoms with Crippen molar-refractivity contribution in [1.82, 2.24) is 15.2 Å². The van der Waals surface area contributed by atoms with Crippen LogP contribution in [-0.2, 0) is 20.8 Å². The molecule has 1 aliphatic heterocycles. The van der Waals surface area contributed by atoms with Gasteiger partial charge in [-0.05, 0) is 48.4 Å². The zero-order valence-corrected chi connectivity index (χ0v) is 22.5. The third kappa shape index (κ3) is 6.32. The van der Waals surface area contributed by atoms with Gasteiger partial charge in [-0.3, -0.25) is 9.59 Å². The number of aromatic nitrogens is 1. The molecule has 1 aliphatic rings. The SMILES string of the molecule is CSc1ccc(/C=C/C(=O)N2CCC(C(=O)NC(Cc3c[nH]c4ccccc34)C(=O)O)CC2)c(Cl)c1Cl. The maximum absolute atomic E-state index is 12.9. The Morgan fingerprint density at radius 2 is 1.89 bits per heavy atom. The van der Waals surface area contributed by atoms with Crippen LogP contribution in [0.4, 0.5) is 0 Å². The fraction of sp³-hybridized carbons (Fsp3) is 0.296. The number of aliphatic carboxylic acids is 1. The van der Waals surface area contributed by atoms with Crippen LogP contribution in [0.1, 0.15) is 24.0 Å². The van der Waals surface area contributed by atoms with Crippen LogP contribution in [0.5, 0.6) is 0 Å². The summed E-state index contributed by atoms with van der Waals surface area (Å²) >= 11 is 14.1. The predicted octanol–water partition coefficient (Wildman–Crippen LogP) is 5.26. The van der Waals surface area contributed by atoms with E-state index in [0.29, 0.717) is 41.5 Å². The number of benzene rings is 2. The third-order valence-electron chi connectivity index (χ3n) is 6.59. The number of H-pyrrole nitrogens is 1. The van der Waals surface area contributed by atoms with Crippen molar-refractivity contribution in [2.45, 2.75) is 30.2 Å². The van der Waals surface area contributed by atoms with Gasteiger partial charge in [-0.1, -0.05) is 47.5 Å². The lowest BCUT2D eigenvalue weighted by molar-refractivity contribution is -0.142. The van der Waals surface area contributed by atoms with Crippen LogP contribution >= 0.6 is 35.0 Å². The molecule has 0 bridgehead atoms. The van der Waals surface area contributed by atoms with Crippen molar-refractivity contribution in [2.75, 3.05) is 19.3 Å². The maximum atomic E-state index is 12.9. The molecule has 1 saturated heterocycles. The number of thioether (sulfide) groups is 1. The standard InChI is InChI=1S/C27H27Cl2N3O4S/c1-37-22-8-6-16(24(28)25(22)29)7-9-23(33)32-12-10-17(11-13-32)26(34)31-21(27(35)36)14-18-15-30-20-5-3-2-4-19(18)20/h2-9,15,17,21,30H,10-14H2,1H3,(H,31,34)(H,35,36)/b9-7+. The number of carbonyl (C=O) groups is 3. The van der Waals surface area contributed by atoms with Crippen LogP contribution in [0.2, 0.25) is 10.0 Å². The smallest absolute Gasteiger partial charge is 0.326 e. The quantitative estimate of drug-likeness (QED) is 0.258. The van der Waals surface area contributed by atoms with Gasteiger partial charge in [0, 0.05) is 53.5 Å². The number of piperidine rings is 1. The molecule has 2 amide bonds. The summed E-state index contributed by atoms with van der Waals surface area (Å²) in [5, 5.41) is 14.2. The molecule has 3 N–H and O–H groups in total. The van der Waals surface area contributed by atoms with Gasteiger partial charge in [0.25, 0.3) is 0 Å². The fourth-order valence-corrected chi connectivity index (χ4v) is 5.64. The Labute approximate surface area is 229 Å². The summed E-state index contributed by atoms with van der Waals surface area (Å²) in [4.78, 5) is 43.1. The Morgan fingerprint density at radius 3 is 2.59 bits per heavy atom. The molecule has 1 atom stereocenters. The normalized spacial score (nSPS) is 15.3. The molecule has 1 unspecified atom stereocenters. The van der Waals surface area contributed by atoms with Gasteiger partial charge in [-0.25, -0.2) is 4.79 Å². The van der Waals surface area contributed by atoms with E-state index in [0.717, 1.165) is 21.4 Å². The molecule has 7 nitrogen and oxygen atoms in total. The summed E-state index contributed by atoms with van der Waals surface area (Å²) in [5.41, 5.74) is 2.41. The number of likely N-dealkylation sites (tertiary alicyclic amines) is 1. The van der Waals surface area contributed by atoms with Gasteiger partial charge in [0.1, 0.15) is 6.04 Å². The Kier molecular flexibility index (Phi) is 8.84. The molecule has 1 fully saturated rings. The van der Waals surface area contributed by atoms with Crippen LogP contribution in [0.15, 0.2) is 53.6 Å². The van der Waals surface area contributed by atoms with E-state index in [4.69, 9.17) is 23.2 Å². The molecule has 2 heterocycles. The molecule has 0 radical (unpaired) electrons. The van der Waals surface area contributed by atoms with E-state index >= 15 is 0 Å². The number of amides is 2. The zero-order valence-electron chi connectivity index (χ0n) is 20.2. The molecule has 10 heteroatoms. The van der Waals surface area contributed by atoms with Crippen LogP contribution in [-0.4, -0.2) is 58.2 Å². The lowest BCUT2D eigenvalue weighted by Gasteiger charge is -2.31. The van der Waals surface area contributed by atoms with Crippen LogP contribution < -0.4 is 5.32 Å². The van der Waals surface area contributed by atoms with Gasteiger partial charge < -0.3 is 20.3 Å². The summed E-state index contributed by atoms with van der Waals surface area (Å²) < 4.78 is 0. The van der Waals surface area contributed by atoms with Crippen molar-refractivity contribution in [3.05, 3.63) is 69.8 Å². The van der Waals surface area contributed by atoms with Gasteiger partial charge in [0.05, 0.1) is 10.0 Å². The first-order chi connectivity index (χ1) is 17.8. The minimum atomic E-state index is -1.08. The van der Waals surface area contributed by atoms with E-state index in [-0.39, 0.29) is 24.2 Å². The van der Waals surface area contributed by atoms with E-state index in [2.05, 4.69) is 10.3 Å². The second-order valence-corrected chi connectivity index (χ2v) is 10.5. The summed E-state index contributed by atoms with van der Waals surface area (Å²) in [6.07, 6.45) is 7.88. The Bertz CT molecular complexity index is 1350. The first-order valence-electron chi connectivity index (χ1n) is 11.9. The molecular formula is C27H27Cl2N3O4S. The number of nitrogens with one attached hydrogen (secondary N) is 2. The van der Waals surface area contributed by atoms with Crippen molar-refractivity contribution in [3.8, 4) is 0 Å². The molecule has 0 spiro atoms. The molecule has 4 rings (SSSR count). The molecule has 0 aliphatic carbocycles. The van der Waals surface area contributed by atoms with E-state index < -0.39 is 12.0 Å². The average molecular weight is 561 g/mol. The minimum Gasteiger partial charge on any atom is -0.480 e. The van der Waals surface area contributed by atoms with Crippen molar-refractivity contribution in [2.24, 2.45) is 5.92 Å². The molecular weight excluding hydrogens is 533 g/mol. The van der Waals surface area contributed by atoms with Gasteiger partial charge in [0.15, 0.2) is 0 Å². The first kappa shape index (κ1) is 27.1. The monoisotopic (exact) mass is 559 g/mol. The summed E-state index contributed by atoms with van der Waals surface area (Å²) in [6.45, 7) is 0.808.